The number of rotatable bonds is 4. The molecule has 1 unspecified atom stereocenters. The Hall–Kier alpha value is -3.70. The number of aliphatic hydroxyl groups is 2. The van der Waals surface area contributed by atoms with Gasteiger partial charge in [0.25, 0.3) is 0 Å². The summed E-state index contributed by atoms with van der Waals surface area (Å²) in [7, 11) is 0. The third kappa shape index (κ3) is 3.41. The summed E-state index contributed by atoms with van der Waals surface area (Å²) in [5, 5.41) is 34.9. The Balaban J connectivity index is 1.99. The normalized spacial score (nSPS) is 29.6. The number of nitrogens with zero attached hydrogens (tertiary/aromatic N) is 1. The zero-order chi connectivity index (χ0) is 26.0. The van der Waals surface area contributed by atoms with Crippen LogP contribution >= 0.6 is 0 Å². The zero-order valence-corrected chi connectivity index (χ0v) is 19.4. The molecule has 0 saturated heterocycles. The van der Waals surface area contributed by atoms with Gasteiger partial charge in [0.15, 0.2) is 24.0 Å². The molecule has 0 spiro atoms. The Morgan fingerprint density at radius 1 is 1.14 bits per heavy atom. The molecule has 0 saturated carbocycles. The Morgan fingerprint density at radius 2 is 1.80 bits per heavy atom. The molecule has 11 nitrogen and oxygen atoms in total. The highest BCUT2D eigenvalue weighted by Crippen LogP contribution is 2.50. The van der Waals surface area contributed by atoms with Crippen molar-refractivity contribution >= 4 is 23.5 Å². The van der Waals surface area contributed by atoms with Crippen LogP contribution in [0.2, 0.25) is 0 Å². The number of phenols is 1. The molecule has 3 aliphatic rings. The number of aliphatic hydroxyl groups excluding tert-OH is 1. The van der Waals surface area contributed by atoms with Crippen LogP contribution in [0.5, 0.6) is 5.75 Å². The fourth-order valence-corrected chi connectivity index (χ4v) is 4.95. The first-order valence-electron chi connectivity index (χ1n) is 10.9. The summed E-state index contributed by atoms with van der Waals surface area (Å²) in [5.41, 5.74) is 6.47. The number of hydrogen-bond acceptors (Lipinski definition) is 9. The summed E-state index contributed by atoms with van der Waals surface area (Å²) in [5.74, 6) is -4.28. The largest absolute Gasteiger partial charge is 0.508 e. The highest BCUT2D eigenvalue weighted by molar-refractivity contribution is 6.31. The minimum atomic E-state index is -2.22. The lowest BCUT2D eigenvalue weighted by atomic mass is 9.73. The summed E-state index contributed by atoms with van der Waals surface area (Å²) in [6, 6.07) is 2.44. The fraction of sp³-hybridized carbons (Fsp3) is 0.417. The first-order valence-corrected chi connectivity index (χ1v) is 10.9. The van der Waals surface area contributed by atoms with Crippen LogP contribution in [0.15, 0.2) is 40.5 Å². The standard InChI is InChI=1S/C24H24N2O9/c1-8(2)23(32)35-21-16-14(20(31)22(24(21,4)33)34-9(3)27)13-15(17(16)26-25)19(30)12-10(18(13)29)6-5-7-11(12)28/h5-8,17,20-22,26,28,31,33H,1-4H3/t17?,20-,21+,22+,24+/m0/s1. The van der Waals surface area contributed by atoms with Gasteiger partial charge < -0.3 is 35.4 Å². The second-order valence-corrected chi connectivity index (χ2v) is 9.25. The SMILES string of the molecule is CC(=O)O[C@@H]1[C@@H](O)C2=C(C([NH+]=[N-])C3=C2C(=O)c2cccc(O)c2C3=O)[C@@H](OC(=O)C(C)C)[C@@]1(C)O. The number of hydrogen-bond donors (Lipinski definition) is 4. The maximum absolute atomic E-state index is 13.5. The van der Waals surface area contributed by atoms with Crippen molar-refractivity contribution in [3.05, 3.63) is 57.1 Å². The number of Topliss-reactive ketones (excluding diaryl/α,β-unsaturated/α-hetero) is 2. The van der Waals surface area contributed by atoms with Crippen LogP contribution in [-0.2, 0) is 19.1 Å². The molecule has 0 aliphatic heterocycles. The highest BCUT2D eigenvalue weighted by atomic mass is 16.6. The van der Waals surface area contributed by atoms with E-state index >= 15 is 0 Å². The number of fused-ring (bicyclic) bond motifs is 2. The Bertz CT molecular complexity index is 1260. The van der Waals surface area contributed by atoms with Crippen LogP contribution in [0.25, 0.3) is 5.53 Å². The van der Waals surface area contributed by atoms with Gasteiger partial charge >= 0.3 is 11.9 Å². The van der Waals surface area contributed by atoms with E-state index in [1.807, 2.05) is 5.11 Å². The van der Waals surface area contributed by atoms with E-state index in [0.717, 1.165) is 6.92 Å². The number of ketones is 2. The van der Waals surface area contributed by atoms with Crippen LogP contribution in [0.1, 0.15) is 48.4 Å². The topological polar surface area (TPSA) is 184 Å². The summed E-state index contributed by atoms with van der Waals surface area (Å²) >= 11 is 0. The van der Waals surface area contributed by atoms with Crippen LogP contribution in [0.3, 0.4) is 0 Å². The third-order valence-corrected chi connectivity index (χ3v) is 6.53. The predicted molar refractivity (Wildman–Crippen MR) is 116 cm³/mol. The molecule has 0 fully saturated rings. The quantitative estimate of drug-likeness (QED) is 0.322. The van der Waals surface area contributed by atoms with Gasteiger partial charge in [-0.1, -0.05) is 26.0 Å². The number of carbonyl (C=O) groups is 4. The van der Waals surface area contributed by atoms with E-state index in [2.05, 4.69) is 0 Å². The molecule has 0 heterocycles. The second-order valence-electron chi connectivity index (χ2n) is 9.25. The van der Waals surface area contributed by atoms with Gasteiger partial charge in [0.2, 0.25) is 5.78 Å². The molecule has 4 N–H and O–H groups in total. The first-order chi connectivity index (χ1) is 16.3. The molecule has 3 aliphatic carbocycles. The number of aromatic hydroxyl groups is 1. The average molecular weight is 484 g/mol. The number of nitrogens with one attached hydrogen (secondary N) is 1. The van der Waals surface area contributed by atoms with E-state index in [4.69, 9.17) is 9.47 Å². The minimum Gasteiger partial charge on any atom is -0.508 e. The van der Waals surface area contributed by atoms with Crippen molar-refractivity contribution in [1.29, 1.82) is 0 Å². The van der Waals surface area contributed by atoms with E-state index in [1.54, 1.807) is 13.8 Å². The summed E-state index contributed by atoms with van der Waals surface area (Å²) in [6.45, 7) is 5.30. The molecular formula is C24H24N2O9. The van der Waals surface area contributed by atoms with Gasteiger partial charge in [-0.05, 0) is 13.0 Å². The van der Waals surface area contributed by atoms with Crippen LogP contribution in [0, 0.1) is 5.92 Å². The van der Waals surface area contributed by atoms with Gasteiger partial charge in [-0.2, -0.15) is 0 Å². The van der Waals surface area contributed by atoms with E-state index in [9.17, 15) is 40.0 Å². The third-order valence-electron chi connectivity index (χ3n) is 6.53. The van der Waals surface area contributed by atoms with Crippen molar-refractivity contribution in [2.45, 2.75) is 57.6 Å². The number of carbonyl (C=O) groups excluding carboxylic acids is 4. The van der Waals surface area contributed by atoms with E-state index in [1.165, 1.54) is 25.1 Å². The van der Waals surface area contributed by atoms with Gasteiger partial charge in [-0.15, -0.1) is 0 Å². The number of esters is 2. The zero-order valence-electron chi connectivity index (χ0n) is 19.4. The van der Waals surface area contributed by atoms with Gasteiger partial charge in [-0.3, -0.25) is 19.2 Å². The minimum absolute atomic E-state index is 0.136. The lowest BCUT2D eigenvalue weighted by Gasteiger charge is -2.45. The Kier molecular flexibility index (Phi) is 5.73. The van der Waals surface area contributed by atoms with Crippen LogP contribution < -0.4 is 5.11 Å². The van der Waals surface area contributed by atoms with Gasteiger partial charge in [-0.25, -0.2) is 0 Å². The molecular weight excluding hydrogens is 460 g/mol. The van der Waals surface area contributed by atoms with Gasteiger partial charge in [0, 0.05) is 23.6 Å². The molecule has 0 bridgehead atoms. The molecule has 11 heteroatoms. The highest BCUT2D eigenvalue weighted by Gasteiger charge is 2.63. The molecule has 1 aromatic rings. The summed E-state index contributed by atoms with van der Waals surface area (Å²) in [4.78, 5) is 51.4. The molecule has 5 atom stereocenters. The second kappa shape index (κ2) is 8.21. The lowest BCUT2D eigenvalue weighted by molar-refractivity contribution is -0.504. The van der Waals surface area contributed by atoms with Crippen molar-refractivity contribution in [3.63, 3.8) is 0 Å². The average Bonchev–Trinajstić information content (AvgIpc) is 3.13. The van der Waals surface area contributed by atoms with Crippen LogP contribution in [-0.4, -0.2) is 68.8 Å². The fourth-order valence-electron chi connectivity index (χ4n) is 4.95. The molecule has 1 aromatic carbocycles. The Morgan fingerprint density at radius 3 is 2.37 bits per heavy atom. The lowest BCUT2D eigenvalue weighted by Crippen LogP contribution is -2.76. The molecule has 0 radical (unpaired) electrons. The van der Waals surface area contributed by atoms with Crippen molar-refractivity contribution in [2.75, 3.05) is 0 Å². The molecule has 4 rings (SSSR count). The molecule has 184 valence electrons. The van der Waals surface area contributed by atoms with Gasteiger partial charge in [0.05, 0.1) is 22.6 Å². The molecule has 0 amide bonds. The first kappa shape index (κ1) is 24.4. The number of benzene rings is 1. The number of ether oxygens (including phenoxy) is 2. The van der Waals surface area contributed by atoms with Crippen molar-refractivity contribution < 1.29 is 49.1 Å². The summed E-state index contributed by atoms with van der Waals surface area (Å²) in [6.07, 6.45) is -5.15. The van der Waals surface area contributed by atoms with Crippen LogP contribution in [0.4, 0.5) is 0 Å². The van der Waals surface area contributed by atoms with Crippen molar-refractivity contribution in [2.24, 2.45) is 5.92 Å². The van der Waals surface area contributed by atoms with Gasteiger partial charge in [0.1, 0.15) is 17.5 Å². The van der Waals surface area contributed by atoms with E-state index < -0.39 is 65.1 Å². The van der Waals surface area contributed by atoms with E-state index in [0.29, 0.717) is 0 Å². The van der Waals surface area contributed by atoms with E-state index in [-0.39, 0.29) is 33.4 Å². The molecule has 0 aromatic heterocycles. The Labute approximate surface area is 199 Å². The van der Waals surface area contributed by atoms with Crippen molar-refractivity contribution in [3.8, 4) is 5.75 Å². The molecule has 35 heavy (non-hydrogen) atoms. The monoisotopic (exact) mass is 484 g/mol. The summed E-state index contributed by atoms with van der Waals surface area (Å²) < 4.78 is 10.7. The predicted octanol–water partition coefficient (Wildman–Crippen LogP) is -0.526. The maximum atomic E-state index is 13.5. The number of phenolic OH excluding ortho intramolecular Hbond substituents is 1. The smallest absolute Gasteiger partial charge is 0.309 e. The van der Waals surface area contributed by atoms with Crippen molar-refractivity contribution in [1.82, 2.24) is 0 Å². The maximum Gasteiger partial charge on any atom is 0.309 e.